The van der Waals surface area contributed by atoms with Gasteiger partial charge in [0.25, 0.3) is 0 Å². The molecule has 1 saturated heterocycles. The number of ether oxygens (including phenoxy) is 1. The number of carbonyl (C=O) groups excluding carboxylic acids is 2. The van der Waals surface area contributed by atoms with Crippen LogP contribution in [0.4, 0.5) is 4.79 Å². The maximum Gasteiger partial charge on any atom is 0.410 e. The summed E-state index contributed by atoms with van der Waals surface area (Å²) >= 11 is 0. The molecule has 2 aliphatic rings. The van der Waals surface area contributed by atoms with E-state index >= 15 is 0 Å². The van der Waals surface area contributed by atoms with Crippen LogP contribution in [-0.4, -0.2) is 53.0 Å². The van der Waals surface area contributed by atoms with Gasteiger partial charge in [-0.05, 0) is 38.3 Å². The molecule has 23 heavy (non-hydrogen) atoms. The van der Waals surface area contributed by atoms with Crippen LogP contribution in [-0.2, 0) is 22.5 Å². The molecular formula is C18H24N2O3. The number of nitrogens with zero attached hydrogens (tertiary/aromatic N) is 2. The molecular weight excluding hydrogens is 292 g/mol. The van der Waals surface area contributed by atoms with E-state index in [1.54, 1.807) is 0 Å². The lowest BCUT2D eigenvalue weighted by Gasteiger charge is -2.32. The molecule has 1 aromatic rings. The Hall–Kier alpha value is -1.88. The zero-order chi connectivity index (χ0) is 16.6. The fraction of sp³-hybridized carbons (Fsp3) is 0.556. The number of likely N-dealkylation sites (tertiary alicyclic amines) is 1. The van der Waals surface area contributed by atoms with Gasteiger partial charge in [0.1, 0.15) is 5.60 Å². The highest BCUT2D eigenvalue weighted by Gasteiger charge is 2.39. The summed E-state index contributed by atoms with van der Waals surface area (Å²) in [5.41, 5.74) is 2.10. The zero-order valence-corrected chi connectivity index (χ0v) is 14.0. The first kappa shape index (κ1) is 16.0. The molecule has 2 aliphatic heterocycles. The van der Waals surface area contributed by atoms with E-state index in [0.717, 1.165) is 19.5 Å². The molecule has 1 atom stereocenters. The molecule has 0 radical (unpaired) electrons. The molecule has 124 valence electrons. The van der Waals surface area contributed by atoms with E-state index in [1.165, 1.54) is 16.0 Å². The lowest BCUT2D eigenvalue weighted by atomic mass is 9.98. The van der Waals surface area contributed by atoms with Crippen LogP contribution in [0.15, 0.2) is 24.3 Å². The van der Waals surface area contributed by atoms with Crippen LogP contribution in [0.2, 0.25) is 0 Å². The molecule has 2 heterocycles. The third-order valence-corrected chi connectivity index (χ3v) is 4.36. The van der Waals surface area contributed by atoms with Gasteiger partial charge in [-0.3, -0.25) is 14.6 Å². The van der Waals surface area contributed by atoms with E-state index in [1.807, 2.05) is 26.8 Å². The lowest BCUT2D eigenvalue weighted by molar-refractivity contribution is -0.121. The van der Waals surface area contributed by atoms with Crippen molar-refractivity contribution in [1.29, 1.82) is 0 Å². The number of ketones is 1. The third-order valence-electron chi connectivity index (χ3n) is 4.36. The quantitative estimate of drug-likeness (QED) is 0.797. The maximum absolute atomic E-state index is 12.4. The summed E-state index contributed by atoms with van der Waals surface area (Å²) in [5, 5.41) is 0. The van der Waals surface area contributed by atoms with Crippen molar-refractivity contribution in [3.05, 3.63) is 35.4 Å². The molecule has 0 aliphatic carbocycles. The molecule has 5 nitrogen and oxygen atoms in total. The van der Waals surface area contributed by atoms with Gasteiger partial charge in [-0.15, -0.1) is 0 Å². The van der Waals surface area contributed by atoms with Gasteiger partial charge in [0.05, 0.1) is 12.6 Å². The Labute approximate surface area is 137 Å². The number of benzene rings is 1. The largest absolute Gasteiger partial charge is 0.444 e. The summed E-state index contributed by atoms with van der Waals surface area (Å²) in [6.45, 7) is 7.71. The number of Topliss-reactive ketones (excluding diaryl/α,β-unsaturated/α-hetero) is 1. The monoisotopic (exact) mass is 316 g/mol. The standard InChI is InChI=1S/C18H24N2O3/c1-18(2,3)23-17(22)20-11-15(16(21)12-20)19-9-8-13-6-4-5-7-14(13)10-19/h4-7,15H,8-12H2,1-3H3/t15-/m0/s1. The molecule has 1 fully saturated rings. The van der Waals surface area contributed by atoms with Crippen LogP contribution in [0.25, 0.3) is 0 Å². The SMILES string of the molecule is CC(C)(C)OC(=O)N1CC(=O)[C@@H](N2CCc3ccccc3C2)C1. The van der Waals surface area contributed by atoms with Crippen LogP contribution in [0.3, 0.4) is 0 Å². The van der Waals surface area contributed by atoms with Crippen molar-refractivity contribution >= 4 is 11.9 Å². The highest BCUT2D eigenvalue weighted by Crippen LogP contribution is 2.24. The van der Waals surface area contributed by atoms with Crippen LogP contribution in [0, 0.1) is 0 Å². The highest BCUT2D eigenvalue weighted by atomic mass is 16.6. The fourth-order valence-corrected chi connectivity index (χ4v) is 3.24. The minimum atomic E-state index is -0.539. The van der Waals surface area contributed by atoms with Crippen molar-refractivity contribution in [1.82, 2.24) is 9.80 Å². The Balaban J connectivity index is 1.66. The molecule has 0 spiro atoms. The average Bonchev–Trinajstić information content (AvgIpc) is 2.87. The maximum atomic E-state index is 12.4. The van der Waals surface area contributed by atoms with Crippen molar-refractivity contribution < 1.29 is 14.3 Å². The summed E-state index contributed by atoms with van der Waals surface area (Å²) in [6.07, 6.45) is 0.553. The predicted molar refractivity (Wildman–Crippen MR) is 87.2 cm³/mol. The van der Waals surface area contributed by atoms with Gasteiger partial charge in [0, 0.05) is 19.6 Å². The molecule has 1 aromatic carbocycles. The van der Waals surface area contributed by atoms with Crippen molar-refractivity contribution in [2.45, 2.75) is 45.4 Å². The topological polar surface area (TPSA) is 49.9 Å². The van der Waals surface area contributed by atoms with E-state index in [-0.39, 0.29) is 18.4 Å². The number of hydrogen-bond donors (Lipinski definition) is 0. The van der Waals surface area contributed by atoms with Gasteiger partial charge >= 0.3 is 6.09 Å². The first-order chi connectivity index (χ1) is 10.8. The van der Waals surface area contributed by atoms with E-state index in [0.29, 0.717) is 6.54 Å². The number of hydrogen-bond acceptors (Lipinski definition) is 4. The second kappa shape index (κ2) is 5.96. The van der Waals surface area contributed by atoms with E-state index in [9.17, 15) is 9.59 Å². The van der Waals surface area contributed by atoms with Gasteiger partial charge in [-0.2, -0.15) is 0 Å². The Kier molecular flexibility index (Phi) is 4.15. The second-order valence-electron chi connectivity index (χ2n) is 7.33. The number of fused-ring (bicyclic) bond motifs is 1. The minimum Gasteiger partial charge on any atom is -0.444 e. The predicted octanol–water partition coefficient (Wildman–Crippen LogP) is 2.23. The zero-order valence-electron chi connectivity index (χ0n) is 14.0. The van der Waals surface area contributed by atoms with Crippen LogP contribution in [0.5, 0.6) is 0 Å². The lowest BCUT2D eigenvalue weighted by Crippen LogP contribution is -2.44. The summed E-state index contributed by atoms with van der Waals surface area (Å²) < 4.78 is 5.38. The van der Waals surface area contributed by atoms with E-state index < -0.39 is 11.7 Å². The molecule has 0 bridgehead atoms. The van der Waals surface area contributed by atoms with E-state index in [4.69, 9.17) is 4.74 Å². The normalized spacial score (nSPS) is 22.1. The molecule has 0 N–H and O–H groups in total. The van der Waals surface area contributed by atoms with Gasteiger partial charge in [-0.1, -0.05) is 24.3 Å². The second-order valence-corrected chi connectivity index (χ2v) is 7.33. The summed E-state index contributed by atoms with van der Waals surface area (Å²) in [4.78, 5) is 28.3. The molecule has 0 saturated carbocycles. The minimum absolute atomic E-state index is 0.107. The summed E-state index contributed by atoms with van der Waals surface area (Å²) in [7, 11) is 0. The van der Waals surface area contributed by atoms with Crippen molar-refractivity contribution in [2.24, 2.45) is 0 Å². The Bertz CT molecular complexity index is 621. The number of rotatable bonds is 1. The Morgan fingerprint density at radius 1 is 1.17 bits per heavy atom. The first-order valence-electron chi connectivity index (χ1n) is 8.15. The molecule has 0 unspecified atom stereocenters. The van der Waals surface area contributed by atoms with Crippen molar-refractivity contribution in [3.63, 3.8) is 0 Å². The molecule has 1 amide bonds. The van der Waals surface area contributed by atoms with Gasteiger partial charge < -0.3 is 4.74 Å². The highest BCUT2D eigenvalue weighted by molar-refractivity contribution is 5.92. The van der Waals surface area contributed by atoms with Gasteiger partial charge in [0.2, 0.25) is 0 Å². The number of amides is 1. The van der Waals surface area contributed by atoms with Crippen molar-refractivity contribution in [2.75, 3.05) is 19.6 Å². The summed E-state index contributed by atoms with van der Waals surface area (Å²) in [6, 6.07) is 8.14. The fourth-order valence-electron chi connectivity index (χ4n) is 3.24. The van der Waals surface area contributed by atoms with E-state index in [2.05, 4.69) is 23.1 Å². The third kappa shape index (κ3) is 3.55. The van der Waals surface area contributed by atoms with Gasteiger partial charge in [0.15, 0.2) is 5.78 Å². The van der Waals surface area contributed by atoms with Crippen molar-refractivity contribution in [3.8, 4) is 0 Å². The Morgan fingerprint density at radius 3 is 2.57 bits per heavy atom. The molecule has 0 aromatic heterocycles. The van der Waals surface area contributed by atoms with Crippen LogP contribution < -0.4 is 0 Å². The average molecular weight is 316 g/mol. The Morgan fingerprint density at radius 2 is 1.87 bits per heavy atom. The molecule has 3 rings (SSSR count). The van der Waals surface area contributed by atoms with Gasteiger partial charge in [-0.25, -0.2) is 4.79 Å². The van der Waals surface area contributed by atoms with Crippen LogP contribution in [0.1, 0.15) is 31.9 Å². The smallest absolute Gasteiger partial charge is 0.410 e. The molecule has 5 heteroatoms. The van der Waals surface area contributed by atoms with Crippen LogP contribution >= 0.6 is 0 Å². The number of carbonyl (C=O) groups is 2. The summed E-state index contributed by atoms with van der Waals surface area (Å²) in [5.74, 6) is 0.107. The first-order valence-corrected chi connectivity index (χ1v) is 8.15.